The lowest BCUT2D eigenvalue weighted by Gasteiger charge is -2.22. The number of carbonyl (C=O) groups excluding carboxylic acids is 2. The van der Waals surface area contributed by atoms with Gasteiger partial charge in [-0.15, -0.1) is 4.40 Å². The number of hydrogen-bond donors (Lipinski definition) is 0. The number of amides is 1. The van der Waals surface area contributed by atoms with Gasteiger partial charge in [0.1, 0.15) is 0 Å². The van der Waals surface area contributed by atoms with Crippen molar-refractivity contribution in [2.45, 2.75) is 30.8 Å². The Morgan fingerprint density at radius 1 is 1.22 bits per heavy atom. The first-order valence-corrected chi connectivity index (χ1v) is 11.2. The van der Waals surface area contributed by atoms with E-state index in [0.717, 1.165) is 23.4 Å². The average molecular weight is 409 g/mol. The summed E-state index contributed by atoms with van der Waals surface area (Å²) in [6.07, 6.45) is 1.12. The molecule has 10 heteroatoms. The maximum Gasteiger partial charge on any atom is 0.338 e. The fraction of sp³-hybridized carbons (Fsp3) is 0.471. The van der Waals surface area contributed by atoms with E-state index >= 15 is 0 Å². The Bertz CT molecular complexity index is 938. The SMILES string of the molecule is C[C@H](OC(=O)c1ccc2c(c1)SC1=NS(=O)(=O)CCN12)C(=O)N1CCCC1. The summed E-state index contributed by atoms with van der Waals surface area (Å²) in [4.78, 5) is 29.0. The van der Waals surface area contributed by atoms with E-state index in [-0.39, 0.29) is 11.7 Å². The topological polar surface area (TPSA) is 96.3 Å². The van der Waals surface area contributed by atoms with Crippen LogP contribution in [-0.2, 0) is 19.6 Å². The van der Waals surface area contributed by atoms with Gasteiger partial charge in [-0.1, -0.05) is 0 Å². The molecule has 27 heavy (non-hydrogen) atoms. The Hall–Kier alpha value is -2.07. The van der Waals surface area contributed by atoms with Gasteiger partial charge in [-0.2, -0.15) is 0 Å². The van der Waals surface area contributed by atoms with Crippen LogP contribution < -0.4 is 4.90 Å². The molecule has 0 radical (unpaired) electrons. The van der Waals surface area contributed by atoms with E-state index in [1.807, 2.05) is 4.90 Å². The third kappa shape index (κ3) is 3.55. The number of nitrogens with zero attached hydrogens (tertiary/aromatic N) is 3. The number of esters is 1. The van der Waals surface area contributed by atoms with E-state index in [1.165, 1.54) is 11.8 Å². The van der Waals surface area contributed by atoms with Crippen molar-refractivity contribution in [3.05, 3.63) is 23.8 Å². The second-order valence-electron chi connectivity index (χ2n) is 6.68. The lowest BCUT2D eigenvalue weighted by molar-refractivity contribution is -0.138. The van der Waals surface area contributed by atoms with Gasteiger partial charge in [0.2, 0.25) is 0 Å². The summed E-state index contributed by atoms with van der Waals surface area (Å²) in [7, 11) is -3.42. The van der Waals surface area contributed by atoms with Crippen molar-refractivity contribution in [3.8, 4) is 0 Å². The number of likely N-dealkylation sites (tertiary alicyclic amines) is 1. The van der Waals surface area contributed by atoms with Gasteiger partial charge in [0.25, 0.3) is 15.9 Å². The molecule has 8 nitrogen and oxygen atoms in total. The van der Waals surface area contributed by atoms with Gasteiger partial charge in [-0.05, 0) is 49.7 Å². The minimum atomic E-state index is -3.42. The van der Waals surface area contributed by atoms with Gasteiger partial charge in [-0.25, -0.2) is 13.2 Å². The van der Waals surface area contributed by atoms with Crippen LogP contribution in [0.25, 0.3) is 0 Å². The second-order valence-corrected chi connectivity index (χ2v) is 9.44. The van der Waals surface area contributed by atoms with E-state index in [1.54, 1.807) is 30.0 Å². The maximum absolute atomic E-state index is 12.4. The highest BCUT2D eigenvalue weighted by Gasteiger charge is 2.34. The van der Waals surface area contributed by atoms with E-state index < -0.39 is 22.1 Å². The zero-order valence-electron chi connectivity index (χ0n) is 14.8. The number of fused-ring (bicyclic) bond motifs is 3. The number of amidine groups is 1. The molecule has 1 aromatic carbocycles. The fourth-order valence-corrected chi connectivity index (χ4v) is 5.63. The molecule has 1 saturated heterocycles. The molecular formula is C17H19N3O5S2. The maximum atomic E-state index is 12.4. The minimum absolute atomic E-state index is 0.0313. The standard InChI is InChI=1S/C17H19N3O5S2/c1-11(15(21)19-6-2-3-7-19)25-16(22)12-4-5-13-14(10-12)26-17-18-27(23,24)9-8-20(13)17/h4-5,10-11H,2-3,6-9H2,1H3/t11-/m0/s1. The highest BCUT2D eigenvalue weighted by molar-refractivity contribution is 8.15. The highest BCUT2D eigenvalue weighted by Crippen LogP contribution is 2.42. The molecule has 3 aliphatic heterocycles. The largest absolute Gasteiger partial charge is 0.449 e. The van der Waals surface area contributed by atoms with Crippen molar-refractivity contribution in [1.29, 1.82) is 0 Å². The van der Waals surface area contributed by atoms with E-state index in [2.05, 4.69) is 4.40 Å². The second kappa shape index (κ2) is 6.83. The summed E-state index contributed by atoms with van der Waals surface area (Å²) in [5.41, 5.74) is 1.15. The van der Waals surface area contributed by atoms with Gasteiger partial charge in [0.15, 0.2) is 11.3 Å². The third-order valence-electron chi connectivity index (χ3n) is 4.76. The number of anilines is 1. The van der Waals surface area contributed by atoms with E-state index in [9.17, 15) is 18.0 Å². The Labute approximate surface area is 161 Å². The molecule has 0 unspecified atom stereocenters. The lowest BCUT2D eigenvalue weighted by atomic mass is 10.2. The van der Waals surface area contributed by atoms with Gasteiger partial charge >= 0.3 is 5.97 Å². The van der Waals surface area contributed by atoms with Gasteiger partial charge in [0, 0.05) is 24.5 Å². The lowest BCUT2D eigenvalue weighted by Crippen LogP contribution is -2.38. The number of rotatable bonds is 3. The van der Waals surface area contributed by atoms with Crippen molar-refractivity contribution < 1.29 is 22.7 Å². The van der Waals surface area contributed by atoms with Crippen LogP contribution in [0, 0.1) is 0 Å². The minimum Gasteiger partial charge on any atom is -0.449 e. The van der Waals surface area contributed by atoms with Crippen LogP contribution in [0.4, 0.5) is 5.69 Å². The predicted octanol–water partition coefficient (Wildman–Crippen LogP) is 1.47. The number of carbonyl (C=O) groups is 2. The zero-order chi connectivity index (χ0) is 19.2. The van der Waals surface area contributed by atoms with Gasteiger partial charge in [-0.3, -0.25) is 4.79 Å². The van der Waals surface area contributed by atoms with Crippen LogP contribution in [0.3, 0.4) is 0 Å². The molecule has 3 heterocycles. The molecule has 0 N–H and O–H groups in total. The van der Waals surface area contributed by atoms with Crippen LogP contribution in [0.1, 0.15) is 30.1 Å². The Morgan fingerprint density at radius 3 is 2.70 bits per heavy atom. The molecule has 0 bridgehead atoms. The van der Waals surface area contributed by atoms with Gasteiger partial charge < -0.3 is 14.5 Å². The molecule has 1 atom stereocenters. The normalized spacial score (nSPS) is 21.3. The van der Waals surface area contributed by atoms with Crippen LogP contribution in [0.15, 0.2) is 27.5 Å². The summed E-state index contributed by atoms with van der Waals surface area (Å²) in [5.74, 6) is -0.776. The molecule has 0 saturated carbocycles. The molecule has 1 amide bonds. The number of benzene rings is 1. The summed E-state index contributed by atoms with van der Waals surface area (Å²) in [6.45, 7) is 3.33. The fourth-order valence-electron chi connectivity index (χ4n) is 3.33. The first-order valence-electron chi connectivity index (χ1n) is 8.76. The molecule has 1 aromatic rings. The quantitative estimate of drug-likeness (QED) is 0.698. The van der Waals surface area contributed by atoms with Gasteiger partial charge in [0.05, 0.1) is 17.0 Å². The molecule has 3 aliphatic rings. The summed E-state index contributed by atoms with van der Waals surface area (Å²) >= 11 is 1.21. The molecule has 1 fully saturated rings. The van der Waals surface area contributed by atoms with Crippen LogP contribution in [-0.4, -0.2) is 61.9 Å². The van der Waals surface area contributed by atoms with Crippen molar-refractivity contribution in [1.82, 2.24) is 4.90 Å². The van der Waals surface area contributed by atoms with Crippen LogP contribution in [0.5, 0.6) is 0 Å². The number of thioether (sulfide) groups is 1. The Kier molecular flexibility index (Phi) is 4.63. The zero-order valence-corrected chi connectivity index (χ0v) is 16.4. The summed E-state index contributed by atoms with van der Waals surface area (Å²) < 4.78 is 32.5. The van der Waals surface area contributed by atoms with E-state index in [4.69, 9.17) is 4.74 Å². The molecule has 4 rings (SSSR count). The van der Waals surface area contributed by atoms with Crippen molar-refractivity contribution >= 4 is 44.5 Å². The number of ether oxygens (including phenoxy) is 1. The van der Waals surface area contributed by atoms with Crippen molar-refractivity contribution in [2.75, 3.05) is 30.3 Å². The highest BCUT2D eigenvalue weighted by atomic mass is 32.2. The van der Waals surface area contributed by atoms with Crippen molar-refractivity contribution in [3.63, 3.8) is 0 Å². The summed E-state index contributed by atoms with van der Waals surface area (Å²) in [5, 5.41) is 0.402. The smallest absolute Gasteiger partial charge is 0.338 e. The summed E-state index contributed by atoms with van der Waals surface area (Å²) in [6, 6.07) is 5.04. The molecule has 0 spiro atoms. The Balaban J connectivity index is 1.48. The molecular weight excluding hydrogens is 390 g/mol. The van der Waals surface area contributed by atoms with E-state index in [0.29, 0.717) is 30.4 Å². The third-order valence-corrected chi connectivity index (χ3v) is 7.06. The Morgan fingerprint density at radius 2 is 1.96 bits per heavy atom. The first kappa shape index (κ1) is 18.3. The van der Waals surface area contributed by atoms with Crippen LogP contribution in [0.2, 0.25) is 0 Å². The number of sulfonamides is 1. The molecule has 144 valence electrons. The predicted molar refractivity (Wildman–Crippen MR) is 102 cm³/mol. The number of hydrogen-bond acceptors (Lipinski definition) is 7. The van der Waals surface area contributed by atoms with Crippen LogP contribution >= 0.6 is 11.8 Å². The van der Waals surface area contributed by atoms with Crippen molar-refractivity contribution in [2.24, 2.45) is 4.40 Å². The molecule has 0 aliphatic carbocycles. The molecule has 0 aromatic heterocycles. The monoisotopic (exact) mass is 409 g/mol. The average Bonchev–Trinajstić information content (AvgIpc) is 3.26. The first-order chi connectivity index (χ1) is 12.8.